The third-order valence-electron chi connectivity index (χ3n) is 4.93. The highest BCUT2D eigenvalue weighted by Gasteiger charge is 2.52. The summed E-state index contributed by atoms with van der Waals surface area (Å²) in [6, 6.07) is 3.18. The first kappa shape index (κ1) is 17.0. The van der Waals surface area contributed by atoms with Crippen LogP contribution in [0.1, 0.15) is 32.1 Å². The Hall–Kier alpha value is -2.42. The van der Waals surface area contributed by atoms with Gasteiger partial charge in [0.15, 0.2) is 6.61 Å². The van der Waals surface area contributed by atoms with Crippen LogP contribution in [0.3, 0.4) is 0 Å². The van der Waals surface area contributed by atoms with E-state index >= 15 is 0 Å². The molecule has 4 rings (SSSR count). The molecule has 0 aromatic carbocycles. The minimum absolute atomic E-state index is 0.0890. The molecule has 9 heteroatoms. The summed E-state index contributed by atoms with van der Waals surface area (Å²) in [7, 11) is 0. The summed E-state index contributed by atoms with van der Waals surface area (Å²) in [6.45, 7) is 2.30. The van der Waals surface area contributed by atoms with Crippen LogP contribution >= 0.6 is 11.3 Å². The molecule has 1 aliphatic carbocycles. The van der Waals surface area contributed by atoms with Crippen LogP contribution in [0.5, 0.6) is 0 Å². The SMILES string of the molecule is CCNC(=O)N1C2CCC(C2)C1C(=O)OCc1nnc(-c2cccs2)o1. The Morgan fingerprint density at radius 3 is 3.08 bits per heavy atom. The molecule has 2 amide bonds. The first-order chi connectivity index (χ1) is 12.7. The van der Waals surface area contributed by atoms with E-state index in [1.807, 2.05) is 24.4 Å². The molecule has 1 saturated carbocycles. The summed E-state index contributed by atoms with van der Waals surface area (Å²) < 4.78 is 10.9. The van der Waals surface area contributed by atoms with Gasteiger partial charge in [0.25, 0.3) is 11.8 Å². The maximum Gasteiger partial charge on any atom is 0.329 e. The predicted molar refractivity (Wildman–Crippen MR) is 93.2 cm³/mol. The molecule has 3 atom stereocenters. The van der Waals surface area contributed by atoms with Gasteiger partial charge in [-0.05, 0) is 43.6 Å². The molecule has 138 valence electrons. The zero-order chi connectivity index (χ0) is 18.1. The summed E-state index contributed by atoms with van der Waals surface area (Å²) in [5, 5.41) is 12.6. The Balaban J connectivity index is 1.40. The van der Waals surface area contributed by atoms with Gasteiger partial charge in [0.2, 0.25) is 0 Å². The maximum absolute atomic E-state index is 12.6. The summed E-state index contributed by atoms with van der Waals surface area (Å²) in [5.41, 5.74) is 0. The standard InChI is InChI=1S/C17H20N4O4S/c1-2-18-17(23)21-11-6-5-10(8-11)14(21)16(22)24-9-13-19-20-15(25-13)12-4-3-7-26-12/h3-4,7,10-11,14H,2,5-6,8-9H2,1H3,(H,18,23). The van der Waals surface area contributed by atoms with Gasteiger partial charge in [-0.3, -0.25) is 0 Å². The van der Waals surface area contributed by atoms with Crippen molar-refractivity contribution in [2.45, 2.75) is 44.9 Å². The second-order valence-corrected chi connectivity index (χ2v) is 7.45. The number of likely N-dealkylation sites (tertiary alicyclic amines) is 1. The van der Waals surface area contributed by atoms with Crippen LogP contribution in [0.2, 0.25) is 0 Å². The molecule has 0 spiro atoms. The van der Waals surface area contributed by atoms with Crippen molar-refractivity contribution in [3.8, 4) is 10.8 Å². The second-order valence-electron chi connectivity index (χ2n) is 6.50. The van der Waals surface area contributed by atoms with E-state index in [-0.39, 0.29) is 30.5 Å². The summed E-state index contributed by atoms with van der Waals surface area (Å²) >= 11 is 1.50. The van der Waals surface area contributed by atoms with Gasteiger partial charge in [0.1, 0.15) is 6.04 Å². The zero-order valence-corrected chi connectivity index (χ0v) is 15.2. The zero-order valence-electron chi connectivity index (χ0n) is 14.4. The molecule has 0 radical (unpaired) electrons. The molecule has 2 aliphatic rings. The van der Waals surface area contributed by atoms with Crippen LogP contribution in [0.4, 0.5) is 4.79 Å². The molecule has 26 heavy (non-hydrogen) atoms. The maximum atomic E-state index is 12.6. The number of nitrogens with zero attached hydrogens (tertiary/aromatic N) is 3. The molecule has 1 saturated heterocycles. The van der Waals surface area contributed by atoms with Crippen LogP contribution in [0, 0.1) is 5.92 Å². The van der Waals surface area contributed by atoms with E-state index in [9.17, 15) is 9.59 Å². The fraction of sp³-hybridized carbons (Fsp3) is 0.529. The van der Waals surface area contributed by atoms with Gasteiger partial charge in [0.05, 0.1) is 4.88 Å². The normalized spacial score (nSPS) is 24.0. The van der Waals surface area contributed by atoms with E-state index in [0.29, 0.717) is 12.4 Å². The number of nitrogens with one attached hydrogen (secondary N) is 1. The molecule has 2 fully saturated rings. The van der Waals surface area contributed by atoms with Gasteiger partial charge in [-0.15, -0.1) is 21.5 Å². The van der Waals surface area contributed by atoms with Crippen LogP contribution in [-0.2, 0) is 16.1 Å². The van der Waals surface area contributed by atoms with Crippen LogP contribution in [0.25, 0.3) is 10.8 Å². The van der Waals surface area contributed by atoms with Crippen molar-refractivity contribution in [1.82, 2.24) is 20.4 Å². The van der Waals surface area contributed by atoms with E-state index in [2.05, 4.69) is 15.5 Å². The van der Waals surface area contributed by atoms with E-state index in [1.165, 1.54) is 11.3 Å². The molecule has 1 aliphatic heterocycles. The van der Waals surface area contributed by atoms with Crippen molar-refractivity contribution >= 4 is 23.3 Å². The van der Waals surface area contributed by atoms with Gasteiger partial charge < -0.3 is 19.4 Å². The van der Waals surface area contributed by atoms with Crippen LogP contribution in [0.15, 0.2) is 21.9 Å². The summed E-state index contributed by atoms with van der Waals surface area (Å²) in [4.78, 5) is 27.5. The lowest BCUT2D eigenvalue weighted by atomic mass is 9.99. The Morgan fingerprint density at radius 1 is 1.42 bits per heavy atom. The number of amides is 2. The lowest BCUT2D eigenvalue weighted by Crippen LogP contribution is -2.53. The molecule has 3 heterocycles. The van der Waals surface area contributed by atoms with Crippen molar-refractivity contribution < 1.29 is 18.7 Å². The molecule has 2 aromatic rings. The topological polar surface area (TPSA) is 97.6 Å². The number of carbonyl (C=O) groups is 2. The average molecular weight is 376 g/mol. The fourth-order valence-electron chi connectivity index (χ4n) is 3.86. The van der Waals surface area contributed by atoms with Crippen LogP contribution < -0.4 is 5.32 Å². The minimum atomic E-state index is -0.528. The number of aromatic nitrogens is 2. The molecule has 8 nitrogen and oxygen atoms in total. The minimum Gasteiger partial charge on any atom is -0.454 e. The largest absolute Gasteiger partial charge is 0.454 e. The van der Waals surface area contributed by atoms with Gasteiger partial charge in [-0.1, -0.05) is 6.07 Å². The second kappa shape index (κ2) is 7.06. The Labute approximate surface area is 154 Å². The molecule has 3 unspecified atom stereocenters. The summed E-state index contributed by atoms with van der Waals surface area (Å²) in [6.07, 6.45) is 2.75. The molecule has 2 aromatic heterocycles. The van der Waals surface area contributed by atoms with Crippen molar-refractivity contribution in [2.24, 2.45) is 5.92 Å². The quantitative estimate of drug-likeness (QED) is 0.805. The third-order valence-corrected chi connectivity index (χ3v) is 5.78. The highest BCUT2D eigenvalue weighted by atomic mass is 32.1. The number of piperidine rings is 1. The fourth-order valence-corrected chi connectivity index (χ4v) is 4.50. The third kappa shape index (κ3) is 3.07. The van der Waals surface area contributed by atoms with Crippen LogP contribution in [-0.4, -0.2) is 45.7 Å². The monoisotopic (exact) mass is 376 g/mol. The first-order valence-electron chi connectivity index (χ1n) is 8.76. The van der Waals surface area contributed by atoms with Crippen molar-refractivity contribution in [3.05, 3.63) is 23.4 Å². The number of carbonyl (C=O) groups excluding carboxylic acids is 2. The van der Waals surface area contributed by atoms with Crippen molar-refractivity contribution in [2.75, 3.05) is 6.54 Å². The van der Waals surface area contributed by atoms with Gasteiger partial charge in [-0.2, -0.15) is 0 Å². The Bertz CT molecular complexity index is 791. The smallest absolute Gasteiger partial charge is 0.329 e. The van der Waals surface area contributed by atoms with E-state index < -0.39 is 12.0 Å². The van der Waals surface area contributed by atoms with Crippen molar-refractivity contribution in [3.63, 3.8) is 0 Å². The molecule has 2 bridgehead atoms. The van der Waals surface area contributed by atoms with Gasteiger partial charge >= 0.3 is 12.0 Å². The first-order valence-corrected chi connectivity index (χ1v) is 9.64. The number of ether oxygens (including phenoxy) is 1. The van der Waals surface area contributed by atoms with E-state index in [4.69, 9.17) is 9.15 Å². The lowest BCUT2D eigenvalue weighted by molar-refractivity contribution is -0.152. The highest BCUT2D eigenvalue weighted by Crippen LogP contribution is 2.42. The number of urea groups is 1. The van der Waals surface area contributed by atoms with E-state index in [0.717, 1.165) is 24.1 Å². The number of hydrogen-bond acceptors (Lipinski definition) is 7. The Morgan fingerprint density at radius 2 is 2.31 bits per heavy atom. The number of fused-ring (bicyclic) bond motifs is 2. The average Bonchev–Trinajstić information content (AvgIpc) is 3.43. The Kier molecular flexibility index (Phi) is 4.62. The highest BCUT2D eigenvalue weighted by molar-refractivity contribution is 7.13. The number of hydrogen-bond donors (Lipinski definition) is 1. The predicted octanol–water partition coefficient (Wildman–Crippen LogP) is 2.42. The lowest BCUT2D eigenvalue weighted by Gasteiger charge is -2.33. The number of thiophene rings is 1. The van der Waals surface area contributed by atoms with Gasteiger partial charge in [-0.25, -0.2) is 9.59 Å². The van der Waals surface area contributed by atoms with E-state index in [1.54, 1.807) is 4.90 Å². The number of esters is 1. The number of rotatable bonds is 5. The van der Waals surface area contributed by atoms with Gasteiger partial charge in [0, 0.05) is 12.6 Å². The van der Waals surface area contributed by atoms with Crippen molar-refractivity contribution in [1.29, 1.82) is 0 Å². The molecular formula is C17H20N4O4S. The molecular weight excluding hydrogens is 356 g/mol. The summed E-state index contributed by atoms with van der Waals surface area (Å²) in [5.74, 6) is 0.420. The molecule has 1 N–H and O–H groups in total.